The van der Waals surface area contributed by atoms with Crippen LogP contribution in [0.5, 0.6) is 5.88 Å². The summed E-state index contributed by atoms with van der Waals surface area (Å²) in [7, 11) is 0. The lowest BCUT2D eigenvalue weighted by Gasteiger charge is -2.32. The van der Waals surface area contributed by atoms with Gasteiger partial charge in [0.05, 0.1) is 28.3 Å². The Morgan fingerprint density at radius 1 is 1.03 bits per heavy atom. The second kappa shape index (κ2) is 6.57. The number of benzene rings is 2. The molecule has 0 saturated heterocycles. The molecule has 0 aliphatic carbocycles. The second-order valence-electron chi connectivity index (χ2n) is 7.35. The Bertz CT molecular complexity index is 1320. The van der Waals surface area contributed by atoms with Crippen LogP contribution < -0.4 is 15.5 Å². The SMILES string of the molecule is CC1=NN(c2ccccc2)C(=O)C12C(C#N)=C(N)Oc1c2c(C)nn1-c1ccccc1. The van der Waals surface area contributed by atoms with Gasteiger partial charge in [-0.2, -0.15) is 20.5 Å². The lowest BCUT2D eigenvalue weighted by Crippen LogP contribution is -2.48. The lowest BCUT2D eigenvalue weighted by atomic mass is 9.70. The lowest BCUT2D eigenvalue weighted by molar-refractivity contribution is -0.120. The number of nitrogens with zero attached hydrogens (tertiary/aromatic N) is 5. The summed E-state index contributed by atoms with van der Waals surface area (Å²) >= 11 is 0. The van der Waals surface area contributed by atoms with Gasteiger partial charge in [0.1, 0.15) is 11.6 Å². The van der Waals surface area contributed by atoms with Gasteiger partial charge in [0.15, 0.2) is 5.41 Å². The monoisotopic (exact) mass is 410 g/mol. The predicted octanol–water partition coefficient (Wildman–Crippen LogP) is 2.93. The minimum Gasteiger partial charge on any atom is -0.422 e. The van der Waals surface area contributed by atoms with Crippen LogP contribution in [0.2, 0.25) is 0 Å². The van der Waals surface area contributed by atoms with Crippen molar-refractivity contribution in [2.24, 2.45) is 10.8 Å². The standard InChI is InChI=1S/C23H18N6O2/c1-14-19-21(28(26-14)16-9-5-3-6-10-16)31-20(25)18(13-24)23(19)15(2)27-29(22(23)30)17-11-7-4-8-12-17/h3-12H,25H2,1-2H3. The molecule has 0 fully saturated rings. The van der Waals surface area contributed by atoms with Gasteiger partial charge in [0.2, 0.25) is 11.8 Å². The Balaban J connectivity index is 1.79. The highest BCUT2D eigenvalue weighted by Gasteiger charge is 2.60. The third-order valence-electron chi connectivity index (χ3n) is 5.64. The Morgan fingerprint density at radius 2 is 1.65 bits per heavy atom. The summed E-state index contributed by atoms with van der Waals surface area (Å²) in [4.78, 5) is 13.9. The maximum Gasteiger partial charge on any atom is 0.269 e. The number of hydrogen-bond acceptors (Lipinski definition) is 6. The fourth-order valence-electron chi connectivity index (χ4n) is 4.28. The molecule has 0 saturated carbocycles. The third-order valence-corrected chi connectivity index (χ3v) is 5.64. The van der Waals surface area contributed by atoms with Gasteiger partial charge in [-0.15, -0.1) is 0 Å². The van der Waals surface area contributed by atoms with Gasteiger partial charge in [0, 0.05) is 0 Å². The van der Waals surface area contributed by atoms with Crippen molar-refractivity contribution in [2.45, 2.75) is 19.3 Å². The van der Waals surface area contributed by atoms with Gasteiger partial charge in [-0.25, -0.2) is 4.68 Å². The summed E-state index contributed by atoms with van der Waals surface area (Å²) in [6.45, 7) is 3.51. The summed E-state index contributed by atoms with van der Waals surface area (Å²) in [6, 6.07) is 20.6. The maximum atomic E-state index is 13.9. The molecular formula is C23H18N6O2. The van der Waals surface area contributed by atoms with Crippen LogP contribution in [0.1, 0.15) is 18.2 Å². The molecule has 1 spiro atoms. The fourth-order valence-corrected chi connectivity index (χ4v) is 4.28. The van der Waals surface area contributed by atoms with E-state index in [2.05, 4.69) is 16.3 Å². The fraction of sp³-hybridized carbons (Fsp3) is 0.130. The molecule has 8 nitrogen and oxygen atoms in total. The molecular weight excluding hydrogens is 392 g/mol. The zero-order chi connectivity index (χ0) is 21.8. The van der Waals surface area contributed by atoms with Crippen LogP contribution in [0.25, 0.3) is 5.69 Å². The summed E-state index contributed by atoms with van der Waals surface area (Å²) < 4.78 is 7.47. The van der Waals surface area contributed by atoms with Crippen molar-refractivity contribution >= 4 is 17.3 Å². The summed E-state index contributed by atoms with van der Waals surface area (Å²) in [6.07, 6.45) is 0. The van der Waals surface area contributed by atoms with Crippen LogP contribution in [0.4, 0.5) is 5.69 Å². The van der Waals surface area contributed by atoms with Crippen molar-refractivity contribution in [1.29, 1.82) is 5.26 Å². The number of nitriles is 1. The van der Waals surface area contributed by atoms with Crippen molar-refractivity contribution in [3.8, 4) is 17.6 Å². The number of nitrogens with two attached hydrogens (primary N) is 1. The third kappa shape index (κ3) is 2.37. The van der Waals surface area contributed by atoms with Gasteiger partial charge < -0.3 is 10.5 Å². The summed E-state index contributed by atoms with van der Waals surface area (Å²) in [5, 5.41) is 20.5. The number of carbonyl (C=O) groups is 1. The van der Waals surface area contributed by atoms with E-state index >= 15 is 0 Å². The second-order valence-corrected chi connectivity index (χ2v) is 7.35. The number of hydrazone groups is 1. The van der Waals surface area contributed by atoms with Gasteiger partial charge in [0.25, 0.3) is 5.91 Å². The van der Waals surface area contributed by atoms with Crippen LogP contribution in [0, 0.1) is 18.3 Å². The molecule has 5 rings (SSSR count). The molecule has 1 aromatic heterocycles. The van der Waals surface area contributed by atoms with Crippen molar-refractivity contribution in [3.63, 3.8) is 0 Å². The van der Waals surface area contributed by atoms with E-state index < -0.39 is 11.3 Å². The minimum absolute atomic E-state index is 0.0143. The van der Waals surface area contributed by atoms with E-state index in [-0.39, 0.29) is 11.5 Å². The van der Waals surface area contributed by atoms with E-state index in [1.165, 1.54) is 5.01 Å². The first-order valence-electron chi connectivity index (χ1n) is 9.69. The number of hydrogen-bond donors (Lipinski definition) is 1. The molecule has 31 heavy (non-hydrogen) atoms. The van der Waals surface area contributed by atoms with Crippen molar-refractivity contribution in [2.75, 3.05) is 5.01 Å². The highest BCUT2D eigenvalue weighted by atomic mass is 16.5. The molecule has 2 aliphatic heterocycles. The van der Waals surface area contributed by atoms with E-state index in [1.807, 2.05) is 48.5 Å². The van der Waals surface area contributed by atoms with Crippen LogP contribution in [0.3, 0.4) is 0 Å². The van der Waals surface area contributed by atoms with Crippen LogP contribution in [-0.2, 0) is 10.2 Å². The maximum absolute atomic E-state index is 13.9. The van der Waals surface area contributed by atoms with Gasteiger partial charge in [-0.05, 0) is 38.1 Å². The zero-order valence-corrected chi connectivity index (χ0v) is 16.9. The molecule has 1 unspecified atom stereocenters. The molecule has 2 N–H and O–H groups in total. The van der Waals surface area contributed by atoms with Crippen LogP contribution in [0.15, 0.2) is 77.2 Å². The highest BCUT2D eigenvalue weighted by Crippen LogP contribution is 2.50. The first-order valence-corrected chi connectivity index (χ1v) is 9.69. The number of fused-ring (bicyclic) bond motifs is 2. The van der Waals surface area contributed by atoms with Crippen molar-refractivity contribution < 1.29 is 9.53 Å². The number of aryl methyl sites for hydroxylation is 1. The average Bonchev–Trinajstić information content (AvgIpc) is 3.25. The quantitative estimate of drug-likeness (QED) is 0.699. The number of anilines is 1. The van der Waals surface area contributed by atoms with E-state index in [0.29, 0.717) is 28.5 Å². The van der Waals surface area contributed by atoms with Crippen LogP contribution >= 0.6 is 0 Å². The molecule has 2 aliphatic rings. The molecule has 0 bridgehead atoms. The molecule has 3 aromatic rings. The molecule has 8 heteroatoms. The number of amides is 1. The van der Waals surface area contributed by atoms with Crippen LogP contribution in [-0.4, -0.2) is 21.4 Å². The molecule has 1 amide bonds. The first-order chi connectivity index (χ1) is 15.0. The average molecular weight is 410 g/mol. The Kier molecular flexibility index (Phi) is 3.95. The number of ether oxygens (including phenoxy) is 1. The highest BCUT2D eigenvalue weighted by molar-refractivity contribution is 6.26. The summed E-state index contributed by atoms with van der Waals surface area (Å²) in [5.41, 5.74) is 7.51. The van der Waals surface area contributed by atoms with E-state index in [0.717, 1.165) is 5.69 Å². The molecule has 152 valence electrons. The van der Waals surface area contributed by atoms with Crippen molar-refractivity contribution in [3.05, 3.63) is 83.4 Å². The van der Waals surface area contributed by atoms with E-state index in [9.17, 15) is 10.1 Å². The van der Waals surface area contributed by atoms with Gasteiger partial charge >= 0.3 is 0 Å². The largest absolute Gasteiger partial charge is 0.422 e. The number of aromatic nitrogens is 2. The molecule has 1 atom stereocenters. The smallest absolute Gasteiger partial charge is 0.269 e. The number of carbonyl (C=O) groups excluding carboxylic acids is 1. The normalized spacial score (nSPS) is 19.8. The predicted molar refractivity (Wildman–Crippen MR) is 114 cm³/mol. The zero-order valence-electron chi connectivity index (χ0n) is 16.9. The minimum atomic E-state index is -1.50. The molecule has 2 aromatic carbocycles. The Morgan fingerprint density at radius 3 is 2.26 bits per heavy atom. The topological polar surface area (TPSA) is 110 Å². The summed E-state index contributed by atoms with van der Waals surface area (Å²) in [5.74, 6) is -0.223. The Hall–Kier alpha value is -4.38. The van der Waals surface area contributed by atoms with Gasteiger partial charge in [-0.1, -0.05) is 36.4 Å². The molecule has 3 heterocycles. The Labute approximate surface area is 178 Å². The van der Waals surface area contributed by atoms with E-state index in [4.69, 9.17) is 10.5 Å². The van der Waals surface area contributed by atoms with Crippen molar-refractivity contribution in [1.82, 2.24) is 9.78 Å². The number of rotatable bonds is 2. The van der Waals surface area contributed by atoms with E-state index in [1.54, 1.807) is 30.7 Å². The number of para-hydroxylation sites is 2. The first kappa shape index (κ1) is 18.6. The molecule has 0 radical (unpaired) electrons. The van der Waals surface area contributed by atoms with Gasteiger partial charge in [-0.3, -0.25) is 4.79 Å².